The highest BCUT2D eigenvalue weighted by atomic mass is 16.7. The van der Waals surface area contributed by atoms with E-state index >= 15 is 0 Å². The lowest BCUT2D eigenvalue weighted by Gasteiger charge is -2.62. The summed E-state index contributed by atoms with van der Waals surface area (Å²) in [4.78, 5) is 0. The third-order valence-corrected chi connectivity index (χ3v) is 10.6. The highest BCUT2D eigenvalue weighted by molar-refractivity contribution is 5.29. The molecule has 0 bridgehead atoms. The SMILES string of the molecule is CC(C)C/C=C/[C@H](C)C1=CC[C@H]2[C@@H]3CC[C@@H]4CC5(CC[C@]4(C)[C@H]3CC[C@]12C)OCCO5. The second kappa shape index (κ2) is 8.01. The van der Waals surface area contributed by atoms with Crippen molar-refractivity contribution < 1.29 is 9.47 Å². The van der Waals surface area contributed by atoms with Crippen LogP contribution >= 0.6 is 0 Å². The second-order valence-corrected chi connectivity index (χ2v) is 12.7. The lowest BCUT2D eigenvalue weighted by Crippen LogP contribution is -2.56. The Hall–Kier alpha value is -0.600. The van der Waals surface area contributed by atoms with Gasteiger partial charge in [-0.1, -0.05) is 58.4 Å². The molecule has 1 spiro atoms. The van der Waals surface area contributed by atoms with Gasteiger partial charge in [-0.2, -0.15) is 0 Å². The van der Waals surface area contributed by atoms with E-state index in [0.717, 1.165) is 55.6 Å². The van der Waals surface area contributed by atoms with E-state index in [4.69, 9.17) is 9.47 Å². The van der Waals surface area contributed by atoms with Crippen LogP contribution in [-0.4, -0.2) is 19.0 Å². The molecule has 1 saturated heterocycles. The van der Waals surface area contributed by atoms with Gasteiger partial charge in [-0.05, 0) is 91.3 Å². The van der Waals surface area contributed by atoms with E-state index in [1.54, 1.807) is 5.57 Å². The van der Waals surface area contributed by atoms with Crippen LogP contribution in [0, 0.1) is 46.3 Å². The fourth-order valence-electron chi connectivity index (χ4n) is 8.92. The third kappa shape index (κ3) is 3.59. The van der Waals surface area contributed by atoms with Gasteiger partial charge in [-0.15, -0.1) is 0 Å². The van der Waals surface area contributed by atoms with Crippen molar-refractivity contribution in [3.05, 3.63) is 23.8 Å². The number of hydrogen-bond donors (Lipinski definition) is 0. The Balaban J connectivity index is 1.31. The highest BCUT2D eigenvalue weighted by Gasteiger charge is 2.61. The Morgan fingerprint density at radius 1 is 1.00 bits per heavy atom. The van der Waals surface area contributed by atoms with Gasteiger partial charge in [0, 0.05) is 12.8 Å². The minimum atomic E-state index is -0.222. The summed E-state index contributed by atoms with van der Waals surface area (Å²) in [5, 5.41) is 0. The smallest absolute Gasteiger partial charge is 0.168 e. The molecule has 2 nitrogen and oxygen atoms in total. The van der Waals surface area contributed by atoms with Crippen LogP contribution in [0.2, 0.25) is 0 Å². The molecule has 0 aromatic heterocycles. The van der Waals surface area contributed by atoms with E-state index in [-0.39, 0.29) is 5.79 Å². The molecular weight excluding hydrogens is 380 g/mol. The first-order chi connectivity index (χ1) is 14.8. The summed E-state index contributed by atoms with van der Waals surface area (Å²) < 4.78 is 12.3. The van der Waals surface area contributed by atoms with Crippen LogP contribution in [0.15, 0.2) is 23.8 Å². The van der Waals surface area contributed by atoms with Crippen LogP contribution in [-0.2, 0) is 9.47 Å². The highest BCUT2D eigenvalue weighted by Crippen LogP contribution is 2.68. The zero-order valence-electron chi connectivity index (χ0n) is 20.8. The van der Waals surface area contributed by atoms with E-state index in [1.165, 1.54) is 44.9 Å². The summed E-state index contributed by atoms with van der Waals surface area (Å²) in [7, 11) is 0. The summed E-state index contributed by atoms with van der Waals surface area (Å²) in [6, 6.07) is 0. The first kappa shape index (κ1) is 22.2. The molecule has 2 heteroatoms. The largest absolute Gasteiger partial charge is 0.348 e. The van der Waals surface area contributed by atoms with Gasteiger partial charge in [0.05, 0.1) is 13.2 Å². The van der Waals surface area contributed by atoms with Gasteiger partial charge in [-0.3, -0.25) is 0 Å². The number of ether oxygens (including phenoxy) is 2. The maximum Gasteiger partial charge on any atom is 0.168 e. The van der Waals surface area contributed by atoms with Crippen molar-refractivity contribution in [2.75, 3.05) is 13.2 Å². The van der Waals surface area contributed by atoms with Gasteiger partial charge in [0.1, 0.15) is 0 Å². The molecule has 1 aliphatic heterocycles. The molecular formula is C29H46O2. The zero-order chi connectivity index (χ0) is 21.9. The number of allylic oxidation sites excluding steroid dienone is 4. The van der Waals surface area contributed by atoms with Gasteiger partial charge in [-0.25, -0.2) is 0 Å². The summed E-state index contributed by atoms with van der Waals surface area (Å²) in [5.74, 6) is 4.61. The molecule has 174 valence electrons. The number of hydrogen-bond acceptors (Lipinski definition) is 2. The predicted octanol–water partition coefficient (Wildman–Crippen LogP) is 7.55. The monoisotopic (exact) mass is 426 g/mol. The van der Waals surface area contributed by atoms with Gasteiger partial charge in [0.2, 0.25) is 0 Å². The van der Waals surface area contributed by atoms with Crippen molar-refractivity contribution in [3.8, 4) is 0 Å². The molecule has 0 unspecified atom stereocenters. The quantitative estimate of drug-likeness (QED) is 0.432. The van der Waals surface area contributed by atoms with Crippen LogP contribution in [0.3, 0.4) is 0 Å². The van der Waals surface area contributed by atoms with Crippen LogP contribution < -0.4 is 0 Å². The summed E-state index contributed by atoms with van der Waals surface area (Å²) >= 11 is 0. The molecule has 5 aliphatic rings. The Labute approximate surface area is 191 Å². The average molecular weight is 427 g/mol. The summed E-state index contributed by atoms with van der Waals surface area (Å²) in [6.07, 6.45) is 19.4. The van der Waals surface area contributed by atoms with Crippen LogP contribution in [0.25, 0.3) is 0 Å². The van der Waals surface area contributed by atoms with Crippen molar-refractivity contribution in [2.24, 2.45) is 46.3 Å². The molecule has 3 saturated carbocycles. The zero-order valence-corrected chi connectivity index (χ0v) is 20.8. The summed E-state index contributed by atoms with van der Waals surface area (Å²) in [5.41, 5.74) is 2.69. The molecule has 0 N–H and O–H groups in total. The molecule has 0 aromatic rings. The van der Waals surface area contributed by atoms with Crippen LogP contribution in [0.1, 0.15) is 92.4 Å². The molecule has 0 amide bonds. The molecule has 1 heterocycles. The minimum Gasteiger partial charge on any atom is -0.348 e. The first-order valence-electron chi connectivity index (χ1n) is 13.4. The molecule has 5 rings (SSSR count). The summed E-state index contributed by atoms with van der Waals surface area (Å²) in [6.45, 7) is 14.0. The van der Waals surface area contributed by atoms with Crippen molar-refractivity contribution in [1.29, 1.82) is 0 Å². The van der Waals surface area contributed by atoms with Crippen LogP contribution in [0.4, 0.5) is 0 Å². The number of rotatable bonds is 4. The predicted molar refractivity (Wildman–Crippen MR) is 128 cm³/mol. The molecule has 7 atom stereocenters. The van der Waals surface area contributed by atoms with E-state index in [2.05, 4.69) is 52.8 Å². The third-order valence-electron chi connectivity index (χ3n) is 10.6. The second-order valence-electron chi connectivity index (χ2n) is 12.7. The lowest BCUT2D eigenvalue weighted by molar-refractivity contribution is -0.228. The van der Waals surface area contributed by atoms with Crippen molar-refractivity contribution in [3.63, 3.8) is 0 Å². The fraction of sp³-hybridized carbons (Fsp3) is 0.862. The van der Waals surface area contributed by atoms with Gasteiger partial charge in [0.25, 0.3) is 0 Å². The topological polar surface area (TPSA) is 18.5 Å². The fourth-order valence-corrected chi connectivity index (χ4v) is 8.92. The van der Waals surface area contributed by atoms with Gasteiger partial charge < -0.3 is 9.47 Å². The maximum absolute atomic E-state index is 6.15. The molecule has 31 heavy (non-hydrogen) atoms. The molecule has 0 aromatic carbocycles. The van der Waals surface area contributed by atoms with Crippen molar-refractivity contribution >= 4 is 0 Å². The Bertz CT molecular complexity index is 729. The van der Waals surface area contributed by atoms with Crippen molar-refractivity contribution in [1.82, 2.24) is 0 Å². The van der Waals surface area contributed by atoms with Crippen molar-refractivity contribution in [2.45, 2.75) is 98.2 Å². The Morgan fingerprint density at radius 3 is 2.52 bits per heavy atom. The van der Waals surface area contributed by atoms with E-state index < -0.39 is 0 Å². The minimum absolute atomic E-state index is 0.222. The maximum atomic E-state index is 6.15. The van der Waals surface area contributed by atoms with E-state index in [0.29, 0.717) is 16.7 Å². The molecule has 0 radical (unpaired) electrons. The van der Waals surface area contributed by atoms with E-state index in [9.17, 15) is 0 Å². The number of fused-ring (bicyclic) bond motifs is 5. The first-order valence-corrected chi connectivity index (χ1v) is 13.4. The van der Waals surface area contributed by atoms with E-state index in [1.807, 2.05) is 0 Å². The Kier molecular flexibility index (Phi) is 5.74. The normalized spacial score (nSPS) is 44.9. The molecule has 4 aliphatic carbocycles. The Morgan fingerprint density at radius 2 is 1.77 bits per heavy atom. The van der Waals surface area contributed by atoms with Gasteiger partial charge in [0.15, 0.2) is 5.79 Å². The molecule has 4 fully saturated rings. The van der Waals surface area contributed by atoms with Gasteiger partial charge >= 0.3 is 0 Å². The van der Waals surface area contributed by atoms with Crippen LogP contribution in [0.5, 0.6) is 0 Å². The lowest BCUT2D eigenvalue weighted by atomic mass is 9.44. The average Bonchev–Trinajstić information content (AvgIpc) is 3.32. The standard InChI is InChI=1S/C29H46O2/c1-20(2)7-6-8-21(3)24-11-12-25-23-10-9-22-19-29(30-17-18-31-29)16-15-27(22,4)26(23)13-14-28(24,25)5/h6,8,11,20-23,25-26H,7,9-10,12-19H2,1-5H3/b8-6+/t21-,22+,23-,25-,26-,27-,28+/m0/s1.